The van der Waals surface area contributed by atoms with Crippen LogP contribution in [0.15, 0.2) is 97.1 Å². The van der Waals surface area contributed by atoms with Gasteiger partial charge in [-0.05, 0) is 61.0 Å². The molecule has 0 saturated heterocycles. The summed E-state index contributed by atoms with van der Waals surface area (Å²) in [7, 11) is 0. The maximum Gasteiger partial charge on any atom is 0.242 e. The molecule has 0 atom stereocenters. The van der Waals surface area contributed by atoms with Gasteiger partial charge in [-0.3, -0.25) is 0 Å². The zero-order valence-corrected chi connectivity index (χ0v) is 20.9. The number of hydrogen-bond donors (Lipinski definition) is 0. The highest BCUT2D eigenvalue weighted by atomic mass is 14.3. The van der Waals surface area contributed by atoms with Crippen LogP contribution < -0.4 is 16.4 Å². The van der Waals surface area contributed by atoms with Crippen molar-refractivity contribution >= 4 is 55.4 Å². The summed E-state index contributed by atoms with van der Waals surface area (Å²) in [6.45, 7) is 9.66. The quantitative estimate of drug-likeness (QED) is 0.200. The van der Waals surface area contributed by atoms with Gasteiger partial charge in [0.25, 0.3) is 0 Å². The van der Waals surface area contributed by atoms with E-state index in [-0.39, 0.29) is 12.1 Å². The van der Waals surface area contributed by atoms with Crippen LogP contribution in [0.5, 0.6) is 0 Å². The van der Waals surface area contributed by atoms with E-state index >= 15 is 0 Å². The molecular formula is C34H29B. The Morgan fingerprint density at radius 3 is 2.11 bits per heavy atom. The highest BCUT2D eigenvalue weighted by Crippen LogP contribution is 2.44. The molecular weight excluding hydrogens is 419 g/mol. The molecule has 35 heavy (non-hydrogen) atoms. The molecule has 0 bridgehead atoms. The second-order valence-corrected chi connectivity index (χ2v) is 11.1. The molecule has 1 heteroatoms. The Morgan fingerprint density at radius 2 is 1.31 bits per heavy atom. The van der Waals surface area contributed by atoms with Crippen LogP contribution in [0, 0.1) is 0 Å². The predicted molar refractivity (Wildman–Crippen MR) is 154 cm³/mol. The van der Waals surface area contributed by atoms with E-state index in [9.17, 15) is 0 Å². The molecule has 1 aliphatic heterocycles. The minimum Gasteiger partial charge on any atom is -0.0686 e. The normalized spacial score (nSPS) is 14.7. The molecule has 0 saturated carbocycles. The number of fused-ring (bicyclic) bond motifs is 1. The molecule has 0 spiro atoms. The molecule has 0 amide bonds. The van der Waals surface area contributed by atoms with Gasteiger partial charge in [-0.1, -0.05) is 135 Å². The third kappa shape index (κ3) is 2.76. The lowest BCUT2D eigenvalue weighted by atomic mass is 9.36. The molecule has 0 radical (unpaired) electrons. The highest BCUT2D eigenvalue weighted by molar-refractivity contribution is 6.97. The van der Waals surface area contributed by atoms with Crippen molar-refractivity contribution in [3.63, 3.8) is 0 Å². The smallest absolute Gasteiger partial charge is 0.0686 e. The molecule has 0 unspecified atom stereocenters. The Balaban J connectivity index is 1.74. The van der Waals surface area contributed by atoms with Gasteiger partial charge in [-0.25, -0.2) is 0 Å². The topological polar surface area (TPSA) is 0 Å². The Hall–Kier alpha value is -3.58. The lowest BCUT2D eigenvalue weighted by Gasteiger charge is -2.30. The van der Waals surface area contributed by atoms with Crippen LogP contribution in [0.25, 0.3) is 32.3 Å². The van der Waals surface area contributed by atoms with Gasteiger partial charge in [0.2, 0.25) is 6.71 Å². The Labute approximate surface area is 208 Å². The maximum atomic E-state index is 2.50. The van der Waals surface area contributed by atoms with E-state index in [0.717, 1.165) is 0 Å². The molecule has 168 valence electrons. The van der Waals surface area contributed by atoms with Crippen LogP contribution in [-0.4, -0.2) is 6.71 Å². The van der Waals surface area contributed by atoms with Crippen molar-refractivity contribution < 1.29 is 0 Å². The molecule has 1 heterocycles. The third-order valence-electron chi connectivity index (χ3n) is 8.51. The van der Waals surface area contributed by atoms with E-state index in [1.807, 2.05) is 0 Å². The summed E-state index contributed by atoms with van der Waals surface area (Å²) >= 11 is 0. The summed E-state index contributed by atoms with van der Waals surface area (Å²) in [4.78, 5) is 0. The SMILES string of the molecule is CC(C)c1ccc2cc3c4c(ccc5ccc1c2c54)B(c1ccccc1)c1ccccc1C3(C)C. The van der Waals surface area contributed by atoms with E-state index < -0.39 is 0 Å². The van der Waals surface area contributed by atoms with Gasteiger partial charge in [-0.2, -0.15) is 0 Å². The number of hydrogen-bond acceptors (Lipinski definition) is 0. The van der Waals surface area contributed by atoms with Crippen molar-refractivity contribution in [3.8, 4) is 0 Å². The molecule has 1 aliphatic rings. The summed E-state index contributed by atoms with van der Waals surface area (Å²) in [6.07, 6.45) is 0. The first-order chi connectivity index (χ1) is 17.0. The third-order valence-corrected chi connectivity index (χ3v) is 8.51. The average molecular weight is 448 g/mol. The molecule has 6 aromatic carbocycles. The van der Waals surface area contributed by atoms with Gasteiger partial charge in [0, 0.05) is 5.41 Å². The molecule has 0 aliphatic carbocycles. The first-order valence-corrected chi connectivity index (χ1v) is 12.9. The largest absolute Gasteiger partial charge is 0.242 e. The monoisotopic (exact) mass is 448 g/mol. The predicted octanol–water partition coefficient (Wildman–Crippen LogP) is 6.86. The van der Waals surface area contributed by atoms with Crippen molar-refractivity contribution in [2.24, 2.45) is 0 Å². The van der Waals surface area contributed by atoms with Gasteiger partial charge < -0.3 is 0 Å². The zero-order chi connectivity index (χ0) is 23.9. The van der Waals surface area contributed by atoms with Gasteiger partial charge in [-0.15, -0.1) is 0 Å². The second kappa shape index (κ2) is 7.21. The summed E-state index contributed by atoms with van der Waals surface area (Å²) in [5.74, 6) is 0.493. The van der Waals surface area contributed by atoms with E-state index in [2.05, 4.69) is 125 Å². The minimum atomic E-state index is -0.111. The van der Waals surface area contributed by atoms with Gasteiger partial charge >= 0.3 is 0 Å². The average Bonchev–Trinajstić information content (AvgIpc) is 2.96. The molecule has 0 aromatic heterocycles. The van der Waals surface area contributed by atoms with Crippen LogP contribution in [0.1, 0.15) is 50.3 Å². The van der Waals surface area contributed by atoms with Crippen LogP contribution in [0.2, 0.25) is 0 Å². The summed E-state index contributed by atoms with van der Waals surface area (Å²) in [6, 6.07) is 36.9. The van der Waals surface area contributed by atoms with Gasteiger partial charge in [0.15, 0.2) is 0 Å². The summed E-state index contributed by atoms with van der Waals surface area (Å²) < 4.78 is 0. The minimum absolute atomic E-state index is 0.111. The van der Waals surface area contributed by atoms with E-state index in [4.69, 9.17) is 0 Å². The fourth-order valence-corrected chi connectivity index (χ4v) is 6.84. The summed E-state index contributed by atoms with van der Waals surface area (Å²) in [5, 5.41) is 8.44. The van der Waals surface area contributed by atoms with Crippen LogP contribution in [0.3, 0.4) is 0 Å². The van der Waals surface area contributed by atoms with Crippen molar-refractivity contribution in [2.75, 3.05) is 0 Å². The lowest BCUT2D eigenvalue weighted by Crippen LogP contribution is -2.53. The van der Waals surface area contributed by atoms with Gasteiger partial charge in [0.1, 0.15) is 0 Å². The lowest BCUT2D eigenvalue weighted by molar-refractivity contribution is 0.653. The van der Waals surface area contributed by atoms with Gasteiger partial charge in [0.05, 0.1) is 0 Å². The molecule has 6 aromatic rings. The highest BCUT2D eigenvalue weighted by Gasteiger charge is 2.38. The maximum absolute atomic E-state index is 2.50. The van der Waals surface area contributed by atoms with Crippen LogP contribution >= 0.6 is 0 Å². The van der Waals surface area contributed by atoms with E-state index in [1.54, 1.807) is 0 Å². The zero-order valence-electron chi connectivity index (χ0n) is 20.9. The van der Waals surface area contributed by atoms with Crippen molar-refractivity contribution in [3.05, 3.63) is 114 Å². The standard InChI is InChI=1S/C34H29B/c1-21(2)25-17-15-23-20-28-33-30(19-16-22-14-18-26(25)31(23)32(22)33)35(24-10-6-5-7-11-24)29-13-9-8-12-27(29)34(28,3)4/h5-21H,1-4H3. The first kappa shape index (κ1) is 20.8. The molecule has 0 fully saturated rings. The number of benzene rings is 6. The van der Waals surface area contributed by atoms with Crippen LogP contribution in [-0.2, 0) is 5.41 Å². The fourth-order valence-electron chi connectivity index (χ4n) is 6.84. The van der Waals surface area contributed by atoms with E-state index in [1.165, 1.54) is 65.4 Å². The van der Waals surface area contributed by atoms with Crippen molar-refractivity contribution in [1.82, 2.24) is 0 Å². The fraction of sp³-hybridized carbons (Fsp3) is 0.176. The van der Waals surface area contributed by atoms with E-state index in [0.29, 0.717) is 5.92 Å². The molecule has 0 N–H and O–H groups in total. The summed E-state index contributed by atoms with van der Waals surface area (Å²) in [5.41, 5.74) is 8.42. The molecule has 7 rings (SSSR count). The first-order valence-electron chi connectivity index (χ1n) is 12.9. The molecule has 0 nitrogen and oxygen atoms in total. The van der Waals surface area contributed by atoms with Crippen molar-refractivity contribution in [1.29, 1.82) is 0 Å². The second-order valence-electron chi connectivity index (χ2n) is 11.1. The Bertz CT molecular complexity index is 1740. The van der Waals surface area contributed by atoms with Crippen LogP contribution in [0.4, 0.5) is 0 Å². The van der Waals surface area contributed by atoms with Crippen molar-refractivity contribution in [2.45, 2.75) is 39.0 Å². The Morgan fingerprint density at radius 1 is 0.600 bits per heavy atom. The Kier molecular flexibility index (Phi) is 4.28. The number of rotatable bonds is 2.